The highest BCUT2D eigenvalue weighted by Gasteiger charge is 2.16. The highest BCUT2D eigenvalue weighted by atomic mass is 32.2. The van der Waals surface area contributed by atoms with E-state index < -0.39 is 0 Å². The number of hydrogen-bond donors (Lipinski definition) is 2. The maximum absolute atomic E-state index is 12.5. The van der Waals surface area contributed by atoms with Crippen LogP contribution in [0.15, 0.2) is 35.7 Å². The van der Waals surface area contributed by atoms with Crippen LogP contribution in [0.4, 0.5) is 5.69 Å². The highest BCUT2D eigenvalue weighted by Crippen LogP contribution is 2.19. The predicted molar refractivity (Wildman–Crippen MR) is 106 cm³/mol. The summed E-state index contributed by atoms with van der Waals surface area (Å²) >= 11 is 1.31. The van der Waals surface area contributed by atoms with Gasteiger partial charge in [-0.2, -0.15) is 0 Å². The standard InChI is InChI=1S/C19H25N5O2S/c1-24-13-20-23-19(24)27-12-17(25)21-16-10-6-7-14(11-16)18(26)22-15-8-4-2-3-5-9-15/h6-7,10-11,13,15H,2-5,8-9,12H2,1H3,(H,21,25)(H,22,26). The van der Waals surface area contributed by atoms with E-state index in [4.69, 9.17) is 0 Å². The zero-order chi connectivity index (χ0) is 19.1. The van der Waals surface area contributed by atoms with Crippen molar-refractivity contribution < 1.29 is 9.59 Å². The van der Waals surface area contributed by atoms with E-state index in [1.165, 1.54) is 37.4 Å². The van der Waals surface area contributed by atoms with E-state index in [1.807, 2.05) is 7.05 Å². The van der Waals surface area contributed by atoms with E-state index in [1.54, 1.807) is 35.2 Å². The largest absolute Gasteiger partial charge is 0.349 e. The lowest BCUT2D eigenvalue weighted by molar-refractivity contribution is -0.113. The van der Waals surface area contributed by atoms with Gasteiger partial charge in [0, 0.05) is 24.3 Å². The van der Waals surface area contributed by atoms with Crippen LogP contribution < -0.4 is 10.6 Å². The second kappa shape index (κ2) is 9.55. The summed E-state index contributed by atoms with van der Waals surface area (Å²) in [7, 11) is 1.83. The van der Waals surface area contributed by atoms with Gasteiger partial charge in [-0.1, -0.05) is 43.5 Å². The van der Waals surface area contributed by atoms with Gasteiger partial charge in [-0.05, 0) is 31.0 Å². The van der Waals surface area contributed by atoms with Crippen LogP contribution in [0.2, 0.25) is 0 Å². The molecule has 0 saturated heterocycles. The molecule has 0 unspecified atom stereocenters. The van der Waals surface area contributed by atoms with Gasteiger partial charge in [0.2, 0.25) is 5.91 Å². The van der Waals surface area contributed by atoms with Crippen LogP contribution in [0.1, 0.15) is 48.9 Å². The lowest BCUT2D eigenvalue weighted by Crippen LogP contribution is -2.34. The number of thioether (sulfide) groups is 1. The monoisotopic (exact) mass is 387 g/mol. The number of nitrogens with one attached hydrogen (secondary N) is 2. The average Bonchev–Trinajstić information content (AvgIpc) is 2.90. The number of benzene rings is 1. The molecular weight excluding hydrogens is 362 g/mol. The van der Waals surface area contributed by atoms with Gasteiger partial charge in [0.25, 0.3) is 5.91 Å². The second-order valence-electron chi connectivity index (χ2n) is 6.80. The summed E-state index contributed by atoms with van der Waals surface area (Å²) in [6.45, 7) is 0. The lowest BCUT2D eigenvalue weighted by Gasteiger charge is -2.16. The third-order valence-electron chi connectivity index (χ3n) is 4.60. The number of aryl methyl sites for hydroxylation is 1. The van der Waals surface area contributed by atoms with Crippen LogP contribution in [0.3, 0.4) is 0 Å². The molecule has 8 heteroatoms. The van der Waals surface area contributed by atoms with Gasteiger partial charge in [0.05, 0.1) is 5.75 Å². The minimum atomic E-state index is -0.149. The van der Waals surface area contributed by atoms with Crippen molar-refractivity contribution in [1.82, 2.24) is 20.1 Å². The van der Waals surface area contributed by atoms with Crippen LogP contribution in [0.25, 0.3) is 0 Å². The third kappa shape index (κ3) is 5.82. The summed E-state index contributed by atoms with van der Waals surface area (Å²) < 4.78 is 1.76. The molecule has 144 valence electrons. The van der Waals surface area contributed by atoms with E-state index in [-0.39, 0.29) is 23.6 Å². The molecule has 7 nitrogen and oxygen atoms in total. The van der Waals surface area contributed by atoms with Crippen LogP contribution in [-0.4, -0.2) is 38.4 Å². The molecule has 3 rings (SSSR count). The Hall–Kier alpha value is -2.35. The predicted octanol–water partition coefficient (Wildman–Crippen LogP) is 3.00. The number of rotatable bonds is 6. The zero-order valence-corrected chi connectivity index (χ0v) is 16.3. The second-order valence-corrected chi connectivity index (χ2v) is 7.75. The molecule has 0 bridgehead atoms. The van der Waals surface area contributed by atoms with Crippen molar-refractivity contribution in [2.24, 2.45) is 7.05 Å². The number of aromatic nitrogens is 3. The van der Waals surface area contributed by atoms with Gasteiger partial charge < -0.3 is 15.2 Å². The zero-order valence-electron chi connectivity index (χ0n) is 15.5. The smallest absolute Gasteiger partial charge is 0.251 e. The van der Waals surface area contributed by atoms with Crippen molar-refractivity contribution in [2.45, 2.75) is 49.7 Å². The Morgan fingerprint density at radius 1 is 1.22 bits per heavy atom. The Labute approximate surface area is 163 Å². The number of anilines is 1. The lowest BCUT2D eigenvalue weighted by atomic mass is 10.1. The van der Waals surface area contributed by atoms with E-state index in [9.17, 15) is 9.59 Å². The molecule has 0 atom stereocenters. The summed E-state index contributed by atoms with van der Waals surface area (Å²) in [5, 5.41) is 14.4. The van der Waals surface area contributed by atoms with Crippen LogP contribution in [0, 0.1) is 0 Å². The molecule has 1 fully saturated rings. The summed E-state index contributed by atoms with van der Waals surface area (Å²) in [4.78, 5) is 24.7. The molecule has 2 N–H and O–H groups in total. The molecule has 0 radical (unpaired) electrons. The molecular formula is C19H25N5O2S. The van der Waals surface area contributed by atoms with Crippen molar-refractivity contribution in [1.29, 1.82) is 0 Å². The minimum Gasteiger partial charge on any atom is -0.349 e. The first-order valence-corrected chi connectivity index (χ1v) is 10.3. The summed E-state index contributed by atoms with van der Waals surface area (Å²) in [6, 6.07) is 7.31. The first kappa shape index (κ1) is 19.4. The molecule has 1 heterocycles. The molecule has 2 amide bonds. The number of carbonyl (C=O) groups is 2. The molecule has 0 aliphatic heterocycles. The molecule has 27 heavy (non-hydrogen) atoms. The van der Waals surface area contributed by atoms with Crippen molar-refractivity contribution >= 4 is 29.3 Å². The molecule has 0 spiro atoms. The SMILES string of the molecule is Cn1cnnc1SCC(=O)Nc1cccc(C(=O)NC2CCCCCC2)c1. The Balaban J connectivity index is 1.53. The van der Waals surface area contributed by atoms with Crippen LogP contribution in [-0.2, 0) is 11.8 Å². The quantitative estimate of drug-likeness (QED) is 0.588. The summed E-state index contributed by atoms with van der Waals surface area (Å²) in [5.41, 5.74) is 1.19. The molecule has 1 aliphatic carbocycles. The maximum atomic E-state index is 12.5. The molecule has 1 aromatic carbocycles. The van der Waals surface area contributed by atoms with Gasteiger partial charge >= 0.3 is 0 Å². The van der Waals surface area contributed by atoms with Crippen molar-refractivity contribution in [2.75, 3.05) is 11.1 Å². The van der Waals surface area contributed by atoms with Gasteiger partial charge in [-0.3, -0.25) is 9.59 Å². The average molecular weight is 388 g/mol. The summed E-state index contributed by atoms with van der Waals surface area (Å²) in [5.74, 6) is 0.00109. The fourth-order valence-electron chi connectivity index (χ4n) is 3.16. The van der Waals surface area contributed by atoms with Gasteiger partial charge in [0.1, 0.15) is 6.33 Å². The fraction of sp³-hybridized carbons (Fsp3) is 0.474. The van der Waals surface area contributed by atoms with Gasteiger partial charge in [0.15, 0.2) is 5.16 Å². The van der Waals surface area contributed by atoms with E-state index >= 15 is 0 Å². The van der Waals surface area contributed by atoms with Crippen molar-refractivity contribution in [3.63, 3.8) is 0 Å². The van der Waals surface area contributed by atoms with Gasteiger partial charge in [-0.25, -0.2) is 0 Å². The minimum absolute atomic E-state index is 0.0774. The molecule has 1 aliphatic rings. The first-order chi connectivity index (χ1) is 13.1. The highest BCUT2D eigenvalue weighted by molar-refractivity contribution is 7.99. The number of carbonyl (C=O) groups excluding carboxylic acids is 2. The van der Waals surface area contributed by atoms with Crippen LogP contribution in [0.5, 0.6) is 0 Å². The maximum Gasteiger partial charge on any atom is 0.251 e. The Kier molecular flexibility index (Phi) is 6.86. The van der Waals surface area contributed by atoms with E-state index in [0.29, 0.717) is 16.4 Å². The van der Waals surface area contributed by atoms with E-state index in [0.717, 1.165) is 12.8 Å². The number of nitrogens with zero attached hydrogens (tertiary/aromatic N) is 3. The normalized spacial score (nSPS) is 15.1. The fourth-order valence-corrected chi connectivity index (χ4v) is 3.85. The first-order valence-electron chi connectivity index (χ1n) is 9.29. The topological polar surface area (TPSA) is 88.9 Å². The molecule has 2 aromatic rings. The molecule has 1 aromatic heterocycles. The Morgan fingerprint density at radius 3 is 2.70 bits per heavy atom. The van der Waals surface area contributed by atoms with Crippen molar-refractivity contribution in [3.8, 4) is 0 Å². The Bertz CT molecular complexity index is 784. The van der Waals surface area contributed by atoms with Crippen LogP contribution >= 0.6 is 11.8 Å². The number of hydrogen-bond acceptors (Lipinski definition) is 5. The third-order valence-corrected chi connectivity index (χ3v) is 5.64. The Morgan fingerprint density at radius 2 is 2.00 bits per heavy atom. The van der Waals surface area contributed by atoms with Crippen molar-refractivity contribution in [3.05, 3.63) is 36.2 Å². The molecule has 1 saturated carbocycles. The van der Waals surface area contributed by atoms with E-state index in [2.05, 4.69) is 20.8 Å². The number of amides is 2. The summed E-state index contributed by atoms with van der Waals surface area (Å²) in [6.07, 6.45) is 8.52. The van der Waals surface area contributed by atoms with Gasteiger partial charge in [-0.15, -0.1) is 10.2 Å².